The van der Waals surface area contributed by atoms with E-state index in [1.807, 2.05) is 13.8 Å². The molecule has 1 aliphatic rings. The number of hydrogen-bond donors (Lipinski definition) is 2. The van der Waals surface area contributed by atoms with E-state index in [9.17, 15) is 14.4 Å². The lowest BCUT2D eigenvalue weighted by molar-refractivity contribution is 0.0943. The minimum Gasteiger partial charge on any atom is -0.350 e. The number of anilines is 1. The zero-order valence-electron chi connectivity index (χ0n) is 17.5. The minimum absolute atomic E-state index is 0.0330. The largest absolute Gasteiger partial charge is 0.350 e. The van der Waals surface area contributed by atoms with Gasteiger partial charge < -0.3 is 10.6 Å². The normalized spacial score (nSPS) is 13.3. The number of aromatic nitrogens is 2. The van der Waals surface area contributed by atoms with E-state index in [-0.39, 0.29) is 17.6 Å². The molecule has 0 unspecified atom stereocenters. The second kappa shape index (κ2) is 8.43. The first kappa shape index (κ1) is 21.5. The van der Waals surface area contributed by atoms with Gasteiger partial charge in [-0.15, -0.1) is 11.3 Å². The van der Waals surface area contributed by atoms with E-state index in [2.05, 4.69) is 15.7 Å². The Morgan fingerprint density at radius 2 is 1.94 bits per heavy atom. The van der Waals surface area contributed by atoms with Crippen molar-refractivity contribution in [1.29, 1.82) is 0 Å². The summed E-state index contributed by atoms with van der Waals surface area (Å²) in [5, 5.41) is 11.1. The smallest absolute Gasteiger partial charge is 0.280 e. The summed E-state index contributed by atoms with van der Waals surface area (Å²) < 4.78 is 1.48. The van der Waals surface area contributed by atoms with Crippen molar-refractivity contribution < 1.29 is 9.59 Å². The average Bonchev–Trinajstić information content (AvgIpc) is 3.07. The molecule has 0 spiro atoms. The van der Waals surface area contributed by atoms with Crippen molar-refractivity contribution in [3.8, 4) is 0 Å². The van der Waals surface area contributed by atoms with Gasteiger partial charge in [0, 0.05) is 23.0 Å². The molecule has 7 nitrogen and oxygen atoms in total. The number of aryl methyl sites for hydroxylation is 2. The predicted octanol–water partition coefficient (Wildman–Crippen LogP) is 3.92. The summed E-state index contributed by atoms with van der Waals surface area (Å²) >= 11 is 7.45. The van der Waals surface area contributed by atoms with Crippen molar-refractivity contribution in [2.24, 2.45) is 7.05 Å². The van der Waals surface area contributed by atoms with E-state index < -0.39 is 11.3 Å². The average molecular weight is 459 g/mol. The lowest BCUT2D eigenvalue weighted by Gasteiger charge is -2.14. The van der Waals surface area contributed by atoms with Crippen LogP contribution in [0, 0.1) is 0 Å². The van der Waals surface area contributed by atoms with Crippen molar-refractivity contribution in [3.63, 3.8) is 0 Å². The number of hydrogen-bond acceptors (Lipinski definition) is 5. The Morgan fingerprint density at radius 3 is 2.68 bits per heavy atom. The monoisotopic (exact) mass is 458 g/mol. The number of nitrogens with zero attached hydrogens (tertiary/aromatic N) is 2. The summed E-state index contributed by atoms with van der Waals surface area (Å²) in [6, 6.07) is 4.85. The molecule has 2 amide bonds. The van der Waals surface area contributed by atoms with Gasteiger partial charge in [-0.05, 0) is 63.3 Å². The molecule has 0 aliphatic heterocycles. The Kier molecular flexibility index (Phi) is 5.85. The van der Waals surface area contributed by atoms with Crippen LogP contribution in [0.15, 0.2) is 23.0 Å². The zero-order chi connectivity index (χ0) is 22.3. The first-order valence-electron chi connectivity index (χ1n) is 10.2. The van der Waals surface area contributed by atoms with E-state index in [1.165, 1.54) is 22.1 Å². The summed E-state index contributed by atoms with van der Waals surface area (Å²) in [5.41, 5.74) is 1.34. The van der Waals surface area contributed by atoms with Crippen LogP contribution in [-0.2, 0) is 19.9 Å². The Morgan fingerprint density at radius 1 is 1.19 bits per heavy atom. The first-order valence-corrected chi connectivity index (χ1v) is 11.4. The van der Waals surface area contributed by atoms with Crippen molar-refractivity contribution in [1.82, 2.24) is 15.1 Å². The summed E-state index contributed by atoms with van der Waals surface area (Å²) in [7, 11) is 1.66. The third kappa shape index (κ3) is 4.09. The van der Waals surface area contributed by atoms with Gasteiger partial charge >= 0.3 is 0 Å². The molecule has 1 aliphatic carbocycles. The van der Waals surface area contributed by atoms with E-state index in [4.69, 9.17) is 11.6 Å². The lowest BCUT2D eigenvalue weighted by atomic mass is 9.95. The summed E-state index contributed by atoms with van der Waals surface area (Å²) in [6.07, 6.45) is 3.75. The maximum absolute atomic E-state index is 13.1. The molecule has 4 rings (SSSR count). The van der Waals surface area contributed by atoms with Crippen LogP contribution >= 0.6 is 22.9 Å². The Balaban J connectivity index is 1.76. The number of carbonyl (C=O) groups is 2. The van der Waals surface area contributed by atoms with Crippen LogP contribution in [0.25, 0.3) is 10.9 Å². The topological polar surface area (TPSA) is 93.1 Å². The maximum atomic E-state index is 13.1. The third-order valence-electron chi connectivity index (χ3n) is 5.28. The number of carbonyl (C=O) groups excluding carboxylic acids is 2. The molecule has 31 heavy (non-hydrogen) atoms. The highest BCUT2D eigenvalue weighted by atomic mass is 35.5. The molecule has 2 heterocycles. The molecule has 2 N–H and O–H groups in total. The van der Waals surface area contributed by atoms with Gasteiger partial charge in [-0.3, -0.25) is 19.1 Å². The molecular weight excluding hydrogens is 436 g/mol. The van der Waals surface area contributed by atoms with Gasteiger partial charge in [-0.2, -0.15) is 5.10 Å². The number of nitrogens with one attached hydrogen (secondary N) is 2. The first-order chi connectivity index (χ1) is 14.8. The SMILES string of the molecule is CC(C)NC(=O)c1c(NC(=O)c2nn(C)c3ccc(Cl)cc3c2=O)sc2c1CCCC2. The quantitative estimate of drug-likeness (QED) is 0.619. The van der Waals surface area contributed by atoms with Gasteiger partial charge in [0.25, 0.3) is 11.8 Å². The summed E-state index contributed by atoms with van der Waals surface area (Å²) in [4.78, 5) is 40.1. The summed E-state index contributed by atoms with van der Waals surface area (Å²) in [5.74, 6) is -0.851. The molecule has 0 saturated heterocycles. The molecule has 2 aromatic heterocycles. The molecule has 0 saturated carbocycles. The van der Waals surface area contributed by atoms with Crippen LogP contribution in [0.5, 0.6) is 0 Å². The van der Waals surface area contributed by atoms with Gasteiger partial charge in [0.1, 0.15) is 5.00 Å². The Labute approximate surface area is 188 Å². The molecule has 0 radical (unpaired) electrons. The van der Waals surface area contributed by atoms with Crippen LogP contribution in [0.4, 0.5) is 5.00 Å². The fourth-order valence-corrected chi connectivity index (χ4v) is 5.34. The van der Waals surface area contributed by atoms with Crippen LogP contribution < -0.4 is 16.1 Å². The van der Waals surface area contributed by atoms with Crippen LogP contribution in [0.2, 0.25) is 5.02 Å². The van der Waals surface area contributed by atoms with Crippen molar-refractivity contribution in [3.05, 3.63) is 55.1 Å². The van der Waals surface area contributed by atoms with Crippen LogP contribution in [-0.4, -0.2) is 27.6 Å². The van der Waals surface area contributed by atoms with Crippen LogP contribution in [0.1, 0.15) is 58.0 Å². The second-order valence-corrected chi connectivity index (χ2v) is 9.50. The molecule has 3 aromatic rings. The Bertz CT molecular complexity index is 1260. The molecule has 0 fully saturated rings. The number of benzene rings is 1. The Hall–Kier alpha value is -2.71. The fourth-order valence-electron chi connectivity index (χ4n) is 3.89. The van der Waals surface area contributed by atoms with Gasteiger partial charge in [0.15, 0.2) is 5.69 Å². The molecular formula is C22H23ClN4O3S. The fraction of sp³-hybridized carbons (Fsp3) is 0.364. The van der Waals surface area contributed by atoms with E-state index >= 15 is 0 Å². The zero-order valence-corrected chi connectivity index (χ0v) is 19.1. The van der Waals surface area contributed by atoms with Crippen molar-refractivity contribution >= 4 is 50.7 Å². The van der Waals surface area contributed by atoms with E-state index in [1.54, 1.807) is 19.2 Å². The molecule has 0 bridgehead atoms. The van der Waals surface area contributed by atoms with Crippen molar-refractivity contribution in [2.45, 2.75) is 45.6 Å². The number of halogens is 1. The molecule has 162 valence electrons. The number of amides is 2. The lowest BCUT2D eigenvalue weighted by Crippen LogP contribution is -2.32. The van der Waals surface area contributed by atoms with Gasteiger partial charge in [0.05, 0.1) is 16.5 Å². The van der Waals surface area contributed by atoms with Gasteiger partial charge in [0.2, 0.25) is 5.43 Å². The number of thiophene rings is 1. The number of fused-ring (bicyclic) bond motifs is 2. The van der Waals surface area contributed by atoms with Gasteiger partial charge in [-0.1, -0.05) is 11.6 Å². The standard InChI is InChI=1S/C22H23ClN4O3S/c1-11(2)24-20(29)17-13-6-4-5-7-16(13)31-22(17)25-21(30)18-19(28)14-10-12(23)8-9-15(14)27(3)26-18/h8-11H,4-7H2,1-3H3,(H,24,29)(H,25,30). The molecule has 9 heteroatoms. The summed E-state index contributed by atoms with van der Waals surface area (Å²) in [6.45, 7) is 3.78. The second-order valence-electron chi connectivity index (χ2n) is 7.96. The molecule has 1 aromatic carbocycles. The highest BCUT2D eigenvalue weighted by molar-refractivity contribution is 7.17. The van der Waals surface area contributed by atoms with E-state index in [0.717, 1.165) is 36.1 Å². The minimum atomic E-state index is -0.639. The highest BCUT2D eigenvalue weighted by Crippen LogP contribution is 2.38. The molecule has 0 atom stereocenters. The predicted molar refractivity (Wildman–Crippen MR) is 124 cm³/mol. The third-order valence-corrected chi connectivity index (χ3v) is 6.72. The van der Waals surface area contributed by atoms with E-state index in [0.29, 0.717) is 26.5 Å². The number of rotatable bonds is 4. The highest BCUT2D eigenvalue weighted by Gasteiger charge is 2.28. The maximum Gasteiger partial charge on any atom is 0.280 e. The van der Waals surface area contributed by atoms with Crippen molar-refractivity contribution in [2.75, 3.05) is 5.32 Å². The van der Waals surface area contributed by atoms with Crippen LogP contribution in [0.3, 0.4) is 0 Å². The van der Waals surface area contributed by atoms with Gasteiger partial charge in [-0.25, -0.2) is 0 Å².